The summed E-state index contributed by atoms with van der Waals surface area (Å²) in [5.74, 6) is 0. The molecule has 0 unspecified atom stereocenters. The van der Waals surface area contributed by atoms with Crippen LogP contribution in [0.15, 0.2) is 188 Å². The van der Waals surface area contributed by atoms with E-state index in [1.165, 1.54) is 92.2 Å². The molecule has 0 atom stereocenters. The second-order valence-electron chi connectivity index (χ2n) is 12.9. The van der Waals surface area contributed by atoms with Gasteiger partial charge in [0.15, 0.2) is 0 Å². The number of nitrogens with zero attached hydrogens (tertiary/aromatic N) is 1. The fraction of sp³-hybridized carbons (Fsp3) is 0. The summed E-state index contributed by atoms with van der Waals surface area (Å²) in [4.78, 5) is 1.29. The van der Waals surface area contributed by atoms with Crippen LogP contribution >= 0.6 is 11.3 Å². The monoisotopic (exact) mass is 653 g/mol. The van der Waals surface area contributed by atoms with Crippen LogP contribution in [0.1, 0.15) is 0 Å². The molecule has 0 saturated heterocycles. The third-order valence-corrected chi connectivity index (χ3v) is 11.2. The van der Waals surface area contributed by atoms with Gasteiger partial charge in [-0.15, -0.1) is 11.3 Å². The van der Waals surface area contributed by atoms with Crippen molar-refractivity contribution in [2.45, 2.75) is 0 Å². The number of thiophene rings is 1. The minimum atomic E-state index is 1.17. The zero-order valence-electron chi connectivity index (χ0n) is 27.3. The van der Waals surface area contributed by atoms with E-state index >= 15 is 0 Å². The summed E-state index contributed by atoms with van der Waals surface area (Å²) in [6.07, 6.45) is 0. The van der Waals surface area contributed by atoms with Crippen molar-refractivity contribution >= 4 is 54.0 Å². The van der Waals surface area contributed by atoms with Gasteiger partial charge in [-0.3, -0.25) is 0 Å². The van der Waals surface area contributed by atoms with Crippen LogP contribution in [0.25, 0.3) is 92.2 Å². The summed E-state index contributed by atoms with van der Waals surface area (Å²) in [6.45, 7) is 0. The quantitative estimate of drug-likeness (QED) is 0.174. The van der Waals surface area contributed by atoms with E-state index in [-0.39, 0.29) is 0 Å². The van der Waals surface area contributed by atoms with Crippen LogP contribution in [0.3, 0.4) is 0 Å². The smallest absolute Gasteiger partial charge is 0.0541 e. The third kappa shape index (κ3) is 4.76. The molecule has 1 nitrogen and oxygen atoms in total. The van der Waals surface area contributed by atoms with Gasteiger partial charge in [-0.25, -0.2) is 0 Å². The first-order chi connectivity index (χ1) is 24.8. The van der Waals surface area contributed by atoms with Crippen molar-refractivity contribution in [1.82, 2.24) is 4.57 Å². The van der Waals surface area contributed by atoms with Crippen LogP contribution in [-0.4, -0.2) is 4.57 Å². The van der Waals surface area contributed by atoms with E-state index in [2.05, 4.69) is 193 Å². The van der Waals surface area contributed by atoms with Crippen LogP contribution in [-0.2, 0) is 0 Å². The molecule has 0 aliphatic rings. The van der Waals surface area contributed by atoms with Crippen molar-refractivity contribution in [3.8, 4) is 49.5 Å². The number of hydrogen-bond acceptors (Lipinski definition) is 1. The number of aromatic nitrogens is 1. The van der Waals surface area contributed by atoms with Crippen molar-refractivity contribution in [2.75, 3.05) is 0 Å². The Morgan fingerprint density at radius 1 is 0.340 bits per heavy atom. The zero-order valence-corrected chi connectivity index (χ0v) is 28.1. The molecule has 2 heteroatoms. The third-order valence-electron chi connectivity index (χ3n) is 9.98. The lowest BCUT2D eigenvalue weighted by Crippen LogP contribution is -1.93. The maximum absolute atomic E-state index is 2.42. The van der Waals surface area contributed by atoms with E-state index < -0.39 is 0 Å². The molecule has 50 heavy (non-hydrogen) atoms. The number of benzene rings is 8. The number of fused-ring (bicyclic) bond motifs is 5. The molecule has 0 fully saturated rings. The Morgan fingerprint density at radius 2 is 0.880 bits per heavy atom. The first-order valence-electron chi connectivity index (χ1n) is 17.1. The average Bonchev–Trinajstić information content (AvgIpc) is 3.74. The molecular formula is C48H31NS. The van der Waals surface area contributed by atoms with Crippen molar-refractivity contribution < 1.29 is 0 Å². The van der Waals surface area contributed by atoms with Gasteiger partial charge in [0.05, 0.1) is 11.0 Å². The number of hydrogen-bond donors (Lipinski definition) is 0. The Hall–Kier alpha value is -6.22. The summed E-state index contributed by atoms with van der Waals surface area (Å²) in [5.41, 5.74) is 12.3. The van der Waals surface area contributed by atoms with Crippen molar-refractivity contribution in [1.29, 1.82) is 0 Å². The van der Waals surface area contributed by atoms with Crippen molar-refractivity contribution in [3.05, 3.63) is 188 Å². The summed E-state index contributed by atoms with van der Waals surface area (Å²) >= 11 is 1.89. The highest BCUT2D eigenvalue weighted by atomic mass is 32.1. The van der Waals surface area contributed by atoms with Crippen LogP contribution < -0.4 is 0 Å². The first-order valence-corrected chi connectivity index (χ1v) is 17.9. The Kier molecular flexibility index (Phi) is 6.75. The predicted molar refractivity (Wildman–Crippen MR) is 215 cm³/mol. The minimum absolute atomic E-state index is 1.17. The van der Waals surface area contributed by atoms with Gasteiger partial charge in [-0.2, -0.15) is 0 Å². The Morgan fingerprint density at radius 3 is 1.62 bits per heavy atom. The average molecular weight is 654 g/mol. The van der Waals surface area contributed by atoms with Gasteiger partial charge in [-0.1, -0.05) is 140 Å². The summed E-state index contributed by atoms with van der Waals surface area (Å²) in [6, 6.07) is 68.6. The molecule has 0 radical (unpaired) electrons. The van der Waals surface area contributed by atoms with Crippen molar-refractivity contribution in [2.24, 2.45) is 0 Å². The summed E-state index contributed by atoms with van der Waals surface area (Å²) in [7, 11) is 0. The lowest BCUT2D eigenvalue weighted by atomic mass is 9.96. The maximum atomic E-state index is 2.42. The van der Waals surface area contributed by atoms with Gasteiger partial charge in [0.2, 0.25) is 0 Å². The van der Waals surface area contributed by atoms with Gasteiger partial charge in [0.25, 0.3) is 0 Å². The second-order valence-corrected chi connectivity index (χ2v) is 14.0. The molecule has 0 N–H and O–H groups in total. The lowest BCUT2D eigenvalue weighted by molar-refractivity contribution is 1.18. The highest BCUT2D eigenvalue weighted by Crippen LogP contribution is 2.47. The Bertz CT molecular complexity index is 2840. The molecule has 10 rings (SSSR count). The van der Waals surface area contributed by atoms with E-state index in [9.17, 15) is 0 Å². The molecule has 10 aromatic rings. The van der Waals surface area contributed by atoms with Gasteiger partial charge in [0.1, 0.15) is 0 Å². The van der Waals surface area contributed by atoms with Crippen molar-refractivity contribution in [3.63, 3.8) is 0 Å². The van der Waals surface area contributed by atoms with Crippen LogP contribution in [0.2, 0.25) is 0 Å². The highest BCUT2D eigenvalue weighted by molar-refractivity contribution is 7.23. The molecule has 0 spiro atoms. The Labute approximate surface area is 295 Å². The molecule has 0 bridgehead atoms. The first kappa shape index (κ1) is 28.8. The van der Waals surface area contributed by atoms with Gasteiger partial charge < -0.3 is 4.57 Å². The van der Waals surface area contributed by atoms with Crippen LogP contribution in [0, 0.1) is 0 Å². The maximum Gasteiger partial charge on any atom is 0.0541 e. The van der Waals surface area contributed by atoms with E-state index in [0.717, 1.165) is 0 Å². The molecule has 234 valence electrons. The SMILES string of the molecule is c1ccc(-c2ccc3c(c2)c2cc(-c4sc5cc(-c6ccc7ccccc7c6)ccc5c4-c4ccccc4)ccc2n3-c2ccccc2)cc1. The summed E-state index contributed by atoms with van der Waals surface area (Å²) in [5, 5.41) is 6.33. The zero-order chi connectivity index (χ0) is 33.0. The van der Waals surface area contributed by atoms with E-state index in [1.807, 2.05) is 11.3 Å². The van der Waals surface area contributed by atoms with Gasteiger partial charge in [-0.05, 0) is 92.7 Å². The minimum Gasteiger partial charge on any atom is -0.309 e. The van der Waals surface area contributed by atoms with E-state index in [1.54, 1.807) is 0 Å². The van der Waals surface area contributed by atoms with E-state index in [0.29, 0.717) is 0 Å². The number of rotatable bonds is 5. The molecule has 0 aliphatic heterocycles. The molecule has 8 aromatic carbocycles. The molecule has 0 amide bonds. The normalized spacial score (nSPS) is 11.6. The van der Waals surface area contributed by atoms with Crippen LogP contribution in [0.4, 0.5) is 0 Å². The molecule has 0 aliphatic carbocycles. The van der Waals surface area contributed by atoms with Crippen LogP contribution in [0.5, 0.6) is 0 Å². The number of para-hydroxylation sites is 1. The largest absolute Gasteiger partial charge is 0.309 e. The lowest BCUT2D eigenvalue weighted by Gasteiger charge is -2.09. The molecule has 2 heterocycles. The second kappa shape index (κ2) is 11.7. The molecule has 0 saturated carbocycles. The van der Waals surface area contributed by atoms with Gasteiger partial charge >= 0.3 is 0 Å². The highest BCUT2D eigenvalue weighted by Gasteiger charge is 2.19. The molecular weight excluding hydrogens is 623 g/mol. The fourth-order valence-electron chi connectivity index (χ4n) is 7.57. The predicted octanol–water partition coefficient (Wildman–Crippen LogP) is 13.8. The van der Waals surface area contributed by atoms with Gasteiger partial charge in [0, 0.05) is 37.0 Å². The molecule has 2 aromatic heterocycles. The Balaban J connectivity index is 1.20. The topological polar surface area (TPSA) is 4.93 Å². The van der Waals surface area contributed by atoms with E-state index in [4.69, 9.17) is 0 Å². The summed E-state index contributed by atoms with van der Waals surface area (Å²) < 4.78 is 3.70. The fourth-order valence-corrected chi connectivity index (χ4v) is 8.83. The standard InChI is InChI=1S/C48H31NS/c1-4-12-32(13-5-1)37-23-26-44-42(29-37)43-30-39(24-27-45(43)49(44)40-18-8-3-9-19-40)48-47(34-15-6-2-7-16-34)41-25-22-38(31-46(41)50-48)36-21-20-33-14-10-11-17-35(33)28-36/h1-31H.